The van der Waals surface area contributed by atoms with Crippen molar-refractivity contribution in [1.82, 2.24) is 0 Å². The molecule has 14 aromatic rings. The van der Waals surface area contributed by atoms with Crippen LogP contribution in [-0.2, 0) is 49.4 Å². The minimum Gasteiger partial charge on any atom is -0.310 e. The molecular formula is C90H80N2. The van der Waals surface area contributed by atoms with Crippen LogP contribution in [0.3, 0.4) is 0 Å². The number of aryl methyl sites for hydroxylation is 4. The van der Waals surface area contributed by atoms with E-state index < -0.39 is 0 Å². The first-order chi connectivity index (χ1) is 44.8. The SMILES string of the molecule is CCc1cc(N(c2ccc3c(c2)C(C)(C)c2ccccc2-3)c2cc(-c3ccc4ccccc4c3)c3ccc4c(N(c5cc(CC)c(CC)c(CC)c5)c5ccc6c(c5)C(C)(C)c5ccccc5-6)cc(-c5ccc6ccccc6c5)c5ccc2c3c54)cc(CC)c1CC. The van der Waals surface area contributed by atoms with Gasteiger partial charge in [0.05, 0.1) is 11.4 Å². The Bertz CT molecular complexity index is 4940. The fraction of sp³-hybridized carbons (Fsp3) is 0.200. The van der Waals surface area contributed by atoms with Crippen molar-refractivity contribution in [3.63, 3.8) is 0 Å². The van der Waals surface area contributed by atoms with Gasteiger partial charge in [-0.2, -0.15) is 0 Å². The maximum atomic E-state index is 2.66. The van der Waals surface area contributed by atoms with E-state index in [0.717, 1.165) is 49.9 Å². The summed E-state index contributed by atoms with van der Waals surface area (Å²) in [5, 5.41) is 12.4. The number of nitrogens with zero attached hydrogens (tertiary/aromatic N) is 2. The number of fused-ring (bicyclic) bond motifs is 8. The molecule has 0 spiro atoms. The van der Waals surface area contributed by atoms with Crippen molar-refractivity contribution < 1.29 is 0 Å². The first-order valence-corrected chi connectivity index (χ1v) is 34.0. The summed E-state index contributed by atoms with van der Waals surface area (Å²) in [5.41, 5.74) is 30.9. The van der Waals surface area contributed by atoms with Crippen LogP contribution in [0.1, 0.15) is 125 Å². The zero-order chi connectivity index (χ0) is 62.9. The van der Waals surface area contributed by atoms with Gasteiger partial charge in [0.2, 0.25) is 0 Å². The van der Waals surface area contributed by atoms with E-state index >= 15 is 0 Å². The van der Waals surface area contributed by atoms with Gasteiger partial charge in [-0.25, -0.2) is 0 Å². The normalized spacial score (nSPS) is 13.5. The quantitative estimate of drug-likeness (QED) is 0.100. The number of rotatable bonds is 14. The molecule has 0 amide bonds. The van der Waals surface area contributed by atoms with E-state index in [1.807, 2.05) is 0 Å². The molecule has 0 aromatic heterocycles. The summed E-state index contributed by atoms with van der Waals surface area (Å²) in [5.74, 6) is 0. The highest BCUT2D eigenvalue weighted by molar-refractivity contribution is 6.32. The van der Waals surface area contributed by atoms with E-state index in [4.69, 9.17) is 0 Å². The topological polar surface area (TPSA) is 6.48 Å². The first-order valence-electron chi connectivity index (χ1n) is 34.0. The zero-order valence-corrected chi connectivity index (χ0v) is 55.1. The second-order valence-corrected chi connectivity index (χ2v) is 27.2. The van der Waals surface area contributed by atoms with Crippen molar-refractivity contribution in [2.45, 2.75) is 119 Å². The predicted octanol–water partition coefficient (Wildman–Crippen LogP) is 25.2. The smallest absolute Gasteiger partial charge is 0.0546 e. The van der Waals surface area contributed by atoms with Gasteiger partial charge in [-0.15, -0.1) is 0 Å². The van der Waals surface area contributed by atoms with Crippen molar-refractivity contribution in [1.29, 1.82) is 0 Å². The monoisotopic (exact) mass is 1190 g/mol. The lowest BCUT2D eigenvalue weighted by Crippen LogP contribution is -2.17. The van der Waals surface area contributed by atoms with Gasteiger partial charge in [0, 0.05) is 55.1 Å². The van der Waals surface area contributed by atoms with Gasteiger partial charge in [0.1, 0.15) is 0 Å². The lowest BCUT2D eigenvalue weighted by atomic mass is 9.82. The van der Waals surface area contributed by atoms with Crippen LogP contribution < -0.4 is 9.80 Å². The Morgan fingerprint density at radius 1 is 0.261 bits per heavy atom. The molecule has 2 aliphatic carbocycles. The molecule has 2 nitrogen and oxygen atoms in total. The molecule has 0 aliphatic heterocycles. The molecular weight excluding hydrogens is 1110 g/mol. The molecule has 450 valence electrons. The Hall–Kier alpha value is -9.76. The van der Waals surface area contributed by atoms with Gasteiger partial charge in [-0.05, 0) is 244 Å². The molecule has 16 rings (SSSR count). The van der Waals surface area contributed by atoms with Crippen LogP contribution in [-0.4, -0.2) is 0 Å². The molecule has 2 aliphatic rings. The van der Waals surface area contributed by atoms with Crippen LogP contribution >= 0.6 is 0 Å². The summed E-state index contributed by atoms with van der Waals surface area (Å²) < 4.78 is 0. The Kier molecular flexibility index (Phi) is 13.7. The van der Waals surface area contributed by atoms with Crippen LogP contribution in [0, 0.1) is 0 Å². The van der Waals surface area contributed by atoms with Crippen LogP contribution in [0.5, 0.6) is 0 Å². The minimum atomic E-state index is -0.200. The lowest BCUT2D eigenvalue weighted by molar-refractivity contribution is 0.660. The summed E-state index contributed by atoms with van der Waals surface area (Å²) in [7, 11) is 0. The highest BCUT2D eigenvalue weighted by Crippen LogP contribution is 2.57. The Labute approximate surface area is 543 Å². The molecule has 14 aromatic carbocycles. The number of hydrogen-bond donors (Lipinski definition) is 0. The second kappa shape index (κ2) is 22.0. The summed E-state index contributed by atoms with van der Waals surface area (Å²) >= 11 is 0. The molecule has 0 N–H and O–H groups in total. The van der Waals surface area contributed by atoms with Crippen LogP contribution in [0.25, 0.3) is 98.4 Å². The fourth-order valence-electron chi connectivity index (χ4n) is 17.0. The average Bonchev–Trinajstić information content (AvgIpc) is 1.02. The standard InChI is InChI=1S/C90H80N2/c1-11-55-47-67(48-56(12-2)69(55)15-5)91(65-37-39-73-71-29-21-23-31-81(71)89(7,8)83(73)51-65)85-53-79(63-35-33-59-25-17-19-27-61(59)45-63)75-42-44-78-86(54-80(76-41-43-77(85)87(75)88(76)78)64-36-34-60-26-18-20-28-62(60)46-64)92(68-49-57(13-3)70(16-6)58(14-4)50-68)66-38-40-74-72-30-22-24-32-82(72)90(9,10)84(74)52-66/h17-54H,11-16H2,1-10H3. The van der Waals surface area contributed by atoms with Crippen LogP contribution in [0.2, 0.25) is 0 Å². The molecule has 0 fully saturated rings. The number of hydrogen-bond acceptors (Lipinski definition) is 2. The fourth-order valence-corrected chi connectivity index (χ4v) is 17.0. The Morgan fingerprint density at radius 2 is 0.609 bits per heavy atom. The van der Waals surface area contributed by atoms with Crippen LogP contribution in [0.15, 0.2) is 231 Å². The molecule has 0 atom stereocenters. The van der Waals surface area contributed by atoms with Gasteiger partial charge in [-0.3, -0.25) is 0 Å². The molecule has 0 unspecified atom stereocenters. The van der Waals surface area contributed by atoms with Gasteiger partial charge in [0.25, 0.3) is 0 Å². The van der Waals surface area contributed by atoms with Gasteiger partial charge >= 0.3 is 0 Å². The molecule has 92 heavy (non-hydrogen) atoms. The molecule has 0 bridgehead atoms. The number of benzene rings is 14. The van der Waals surface area contributed by atoms with Crippen molar-refractivity contribution in [2.75, 3.05) is 9.80 Å². The highest BCUT2D eigenvalue weighted by Gasteiger charge is 2.38. The van der Waals surface area contributed by atoms with Crippen molar-refractivity contribution >= 4 is 88.0 Å². The predicted molar refractivity (Wildman–Crippen MR) is 397 cm³/mol. The summed E-state index contributed by atoms with van der Waals surface area (Å²) in [4.78, 5) is 5.31. The maximum absolute atomic E-state index is 2.66. The van der Waals surface area contributed by atoms with E-state index in [-0.39, 0.29) is 10.8 Å². The highest BCUT2D eigenvalue weighted by atomic mass is 15.2. The van der Waals surface area contributed by atoms with Gasteiger partial charge in [0.15, 0.2) is 0 Å². The third kappa shape index (κ3) is 8.73. The average molecular weight is 1190 g/mol. The van der Waals surface area contributed by atoms with Crippen molar-refractivity contribution in [2.24, 2.45) is 0 Å². The van der Waals surface area contributed by atoms with Gasteiger partial charge in [-0.1, -0.05) is 227 Å². The Balaban J connectivity index is 1.06. The lowest BCUT2D eigenvalue weighted by Gasteiger charge is -2.33. The van der Waals surface area contributed by atoms with Crippen molar-refractivity contribution in [3.8, 4) is 44.5 Å². The molecule has 0 saturated carbocycles. The van der Waals surface area contributed by atoms with E-state index in [2.05, 4.69) is 310 Å². The third-order valence-electron chi connectivity index (χ3n) is 21.7. The van der Waals surface area contributed by atoms with E-state index in [0.29, 0.717) is 0 Å². The number of anilines is 6. The third-order valence-corrected chi connectivity index (χ3v) is 21.7. The van der Waals surface area contributed by atoms with E-state index in [9.17, 15) is 0 Å². The minimum absolute atomic E-state index is 0.200. The first kappa shape index (κ1) is 57.4. The summed E-state index contributed by atoms with van der Waals surface area (Å²) in [6, 6.07) is 90.0. The van der Waals surface area contributed by atoms with Crippen molar-refractivity contribution in [3.05, 3.63) is 286 Å². The van der Waals surface area contributed by atoms with Gasteiger partial charge < -0.3 is 9.80 Å². The largest absolute Gasteiger partial charge is 0.310 e. The summed E-state index contributed by atoms with van der Waals surface area (Å²) in [6.07, 6.45) is 5.82. The maximum Gasteiger partial charge on any atom is 0.0546 e. The molecule has 0 heterocycles. The zero-order valence-electron chi connectivity index (χ0n) is 55.1. The summed E-state index contributed by atoms with van der Waals surface area (Å²) in [6.45, 7) is 23.7. The van der Waals surface area contributed by atoms with E-state index in [1.54, 1.807) is 0 Å². The molecule has 0 radical (unpaired) electrons. The molecule has 0 saturated heterocycles. The second-order valence-electron chi connectivity index (χ2n) is 27.2. The Morgan fingerprint density at radius 3 is 0.989 bits per heavy atom. The van der Waals surface area contributed by atoms with E-state index in [1.165, 1.54) is 177 Å². The van der Waals surface area contributed by atoms with Crippen LogP contribution in [0.4, 0.5) is 34.1 Å². The molecule has 2 heteroatoms.